The van der Waals surface area contributed by atoms with Crippen LogP contribution in [0.3, 0.4) is 0 Å². The summed E-state index contributed by atoms with van der Waals surface area (Å²) in [4.78, 5) is 10.6. The molecule has 11 heavy (non-hydrogen) atoms. The van der Waals surface area contributed by atoms with Crippen molar-refractivity contribution in [2.75, 3.05) is 25.4 Å². The van der Waals surface area contributed by atoms with E-state index in [2.05, 4.69) is 30.2 Å². The molecule has 0 saturated heterocycles. The average molecular weight is 176 g/mol. The van der Waals surface area contributed by atoms with Gasteiger partial charge in [-0.05, 0) is 19.5 Å². The number of hydrogen-bond donors (Lipinski definition) is 3. The monoisotopic (exact) mass is 176 g/mol. The van der Waals surface area contributed by atoms with Crippen LogP contribution < -0.4 is 10.6 Å². The van der Waals surface area contributed by atoms with Crippen LogP contribution in [-0.2, 0) is 4.79 Å². The minimum absolute atomic E-state index is 0.00447. The molecular weight excluding hydrogens is 160 g/mol. The Bertz CT molecular complexity index is 109. The topological polar surface area (TPSA) is 41.1 Å². The predicted octanol–water partition coefficient (Wildman–Crippen LogP) is 0.0320. The van der Waals surface area contributed by atoms with Gasteiger partial charge in [-0.25, -0.2) is 0 Å². The third kappa shape index (κ3) is 7.68. The van der Waals surface area contributed by atoms with Crippen molar-refractivity contribution in [2.45, 2.75) is 13.3 Å². The zero-order chi connectivity index (χ0) is 8.53. The predicted molar refractivity (Wildman–Crippen MR) is 50.0 cm³/mol. The van der Waals surface area contributed by atoms with Crippen LogP contribution in [-0.4, -0.2) is 31.3 Å². The van der Waals surface area contributed by atoms with Crippen LogP contribution in [0.4, 0.5) is 0 Å². The quantitative estimate of drug-likeness (QED) is 0.395. The molecule has 0 unspecified atom stereocenters. The van der Waals surface area contributed by atoms with Gasteiger partial charge < -0.3 is 10.6 Å². The first-order chi connectivity index (χ1) is 5.31. The molecule has 1 amide bonds. The Morgan fingerprint density at radius 1 is 1.45 bits per heavy atom. The van der Waals surface area contributed by atoms with E-state index in [0.717, 1.165) is 26.1 Å². The van der Waals surface area contributed by atoms with Crippen molar-refractivity contribution >= 4 is 18.5 Å². The van der Waals surface area contributed by atoms with E-state index in [1.807, 2.05) is 0 Å². The fourth-order valence-corrected chi connectivity index (χ4v) is 0.786. The molecule has 0 atom stereocenters. The van der Waals surface area contributed by atoms with E-state index in [1.54, 1.807) is 0 Å². The summed E-state index contributed by atoms with van der Waals surface area (Å²) in [7, 11) is 0. The average Bonchev–Trinajstić information content (AvgIpc) is 2.04. The van der Waals surface area contributed by atoms with Gasteiger partial charge in [0, 0.05) is 6.54 Å². The summed E-state index contributed by atoms with van der Waals surface area (Å²) in [6.07, 6.45) is 0.980. The van der Waals surface area contributed by atoms with Gasteiger partial charge in [0.2, 0.25) is 5.91 Å². The summed E-state index contributed by atoms with van der Waals surface area (Å²) < 4.78 is 0. The maximum atomic E-state index is 10.6. The van der Waals surface area contributed by atoms with Crippen molar-refractivity contribution in [3.8, 4) is 0 Å². The molecule has 2 N–H and O–H groups in total. The highest BCUT2D eigenvalue weighted by Gasteiger charge is 1.93. The van der Waals surface area contributed by atoms with E-state index in [1.165, 1.54) is 0 Å². The van der Waals surface area contributed by atoms with Crippen LogP contribution in [0.2, 0.25) is 0 Å². The van der Waals surface area contributed by atoms with E-state index in [-0.39, 0.29) is 11.7 Å². The number of hydrogen-bond acceptors (Lipinski definition) is 3. The smallest absolute Gasteiger partial charge is 0.229 e. The van der Waals surface area contributed by atoms with E-state index in [4.69, 9.17) is 0 Å². The minimum Gasteiger partial charge on any atom is -0.355 e. The molecule has 4 heteroatoms. The SMILES string of the molecule is CCNCCCNC(=O)CS. The number of carbonyl (C=O) groups excluding carboxylic acids is 1. The highest BCUT2D eigenvalue weighted by atomic mass is 32.1. The van der Waals surface area contributed by atoms with E-state index in [9.17, 15) is 4.79 Å². The van der Waals surface area contributed by atoms with Gasteiger partial charge in [0.25, 0.3) is 0 Å². The first-order valence-corrected chi connectivity index (χ1v) is 4.52. The second kappa shape index (κ2) is 7.88. The third-order valence-electron chi connectivity index (χ3n) is 1.25. The van der Waals surface area contributed by atoms with E-state index < -0.39 is 0 Å². The fraction of sp³-hybridized carbons (Fsp3) is 0.857. The van der Waals surface area contributed by atoms with Gasteiger partial charge in [0.15, 0.2) is 0 Å². The lowest BCUT2D eigenvalue weighted by molar-refractivity contribution is -0.118. The number of amides is 1. The second-order valence-electron chi connectivity index (χ2n) is 2.22. The van der Waals surface area contributed by atoms with E-state index >= 15 is 0 Å². The van der Waals surface area contributed by atoms with Crippen molar-refractivity contribution < 1.29 is 4.79 Å². The molecule has 0 fully saturated rings. The molecule has 0 spiro atoms. The number of thiol groups is 1. The summed E-state index contributed by atoms with van der Waals surface area (Å²) in [6.45, 7) is 4.75. The number of carbonyl (C=O) groups is 1. The van der Waals surface area contributed by atoms with Crippen LogP contribution in [0.5, 0.6) is 0 Å². The molecule has 0 bridgehead atoms. The summed E-state index contributed by atoms with van der Waals surface area (Å²) in [5.41, 5.74) is 0. The molecule has 0 aromatic carbocycles. The first-order valence-electron chi connectivity index (χ1n) is 3.89. The summed E-state index contributed by atoms with van der Waals surface area (Å²) in [5.74, 6) is 0.283. The van der Waals surface area contributed by atoms with Gasteiger partial charge >= 0.3 is 0 Å². The van der Waals surface area contributed by atoms with Gasteiger partial charge in [-0.1, -0.05) is 6.92 Å². The molecule has 66 valence electrons. The Hall–Kier alpha value is -0.220. The van der Waals surface area contributed by atoms with Gasteiger partial charge in [-0.2, -0.15) is 12.6 Å². The third-order valence-corrected chi connectivity index (χ3v) is 1.53. The summed E-state index contributed by atoms with van der Waals surface area (Å²) in [5, 5.41) is 5.91. The molecule has 0 aliphatic carbocycles. The van der Waals surface area contributed by atoms with E-state index in [0.29, 0.717) is 0 Å². The lowest BCUT2D eigenvalue weighted by atomic mass is 10.4. The zero-order valence-electron chi connectivity index (χ0n) is 6.89. The molecule has 0 aromatic heterocycles. The molecule has 0 saturated carbocycles. The molecule has 3 nitrogen and oxygen atoms in total. The van der Waals surface area contributed by atoms with Crippen LogP contribution in [0.1, 0.15) is 13.3 Å². The molecular formula is C7H16N2OS. The van der Waals surface area contributed by atoms with Gasteiger partial charge in [-0.15, -0.1) is 0 Å². The summed E-state index contributed by atoms with van der Waals surface area (Å²) >= 11 is 3.83. The zero-order valence-corrected chi connectivity index (χ0v) is 7.79. The second-order valence-corrected chi connectivity index (χ2v) is 2.53. The molecule has 0 aliphatic rings. The number of nitrogens with one attached hydrogen (secondary N) is 2. The van der Waals surface area contributed by atoms with Gasteiger partial charge in [0.05, 0.1) is 5.75 Å². The Kier molecular flexibility index (Phi) is 7.72. The largest absolute Gasteiger partial charge is 0.355 e. The molecule has 0 aliphatic heterocycles. The number of rotatable bonds is 6. The van der Waals surface area contributed by atoms with Crippen molar-refractivity contribution in [2.24, 2.45) is 0 Å². The normalized spacial score (nSPS) is 9.64. The lowest BCUT2D eigenvalue weighted by Crippen LogP contribution is -2.28. The van der Waals surface area contributed by atoms with Crippen molar-refractivity contribution in [1.82, 2.24) is 10.6 Å². The fourth-order valence-electron chi connectivity index (χ4n) is 0.674. The molecule has 0 rings (SSSR count). The molecule has 0 radical (unpaired) electrons. The first kappa shape index (κ1) is 10.8. The van der Waals surface area contributed by atoms with Crippen molar-refractivity contribution in [3.05, 3.63) is 0 Å². The Labute approximate surface area is 73.3 Å². The highest BCUT2D eigenvalue weighted by molar-refractivity contribution is 7.81. The maximum Gasteiger partial charge on any atom is 0.229 e. The van der Waals surface area contributed by atoms with Crippen LogP contribution in [0.15, 0.2) is 0 Å². The Morgan fingerprint density at radius 3 is 2.73 bits per heavy atom. The highest BCUT2D eigenvalue weighted by Crippen LogP contribution is 1.76. The van der Waals surface area contributed by atoms with Gasteiger partial charge in [0.1, 0.15) is 0 Å². The van der Waals surface area contributed by atoms with Crippen molar-refractivity contribution in [3.63, 3.8) is 0 Å². The summed E-state index contributed by atoms with van der Waals surface area (Å²) in [6, 6.07) is 0. The maximum absolute atomic E-state index is 10.6. The Balaban J connectivity index is 2.95. The van der Waals surface area contributed by atoms with Gasteiger partial charge in [-0.3, -0.25) is 4.79 Å². The lowest BCUT2D eigenvalue weighted by Gasteiger charge is -2.02. The minimum atomic E-state index is 0.00447. The van der Waals surface area contributed by atoms with Crippen LogP contribution >= 0.6 is 12.6 Å². The Morgan fingerprint density at radius 2 is 2.18 bits per heavy atom. The van der Waals surface area contributed by atoms with Crippen LogP contribution in [0.25, 0.3) is 0 Å². The van der Waals surface area contributed by atoms with Crippen molar-refractivity contribution in [1.29, 1.82) is 0 Å². The molecule has 0 aromatic rings. The molecule has 0 heterocycles. The standard InChI is InChI=1S/C7H16N2OS/c1-2-8-4-3-5-9-7(10)6-11/h8,11H,2-6H2,1H3,(H,9,10). The van der Waals surface area contributed by atoms with Crippen LogP contribution in [0, 0.1) is 0 Å².